The summed E-state index contributed by atoms with van der Waals surface area (Å²) in [5, 5.41) is 3.36. The van der Waals surface area contributed by atoms with E-state index >= 15 is 0 Å². The predicted octanol–water partition coefficient (Wildman–Crippen LogP) is 2.94. The molecule has 0 bridgehead atoms. The second kappa shape index (κ2) is 7.60. The minimum atomic E-state index is -0.158. The first-order valence-electron chi connectivity index (χ1n) is 7.51. The van der Waals surface area contributed by atoms with Gasteiger partial charge in [-0.1, -0.05) is 6.92 Å². The van der Waals surface area contributed by atoms with E-state index in [9.17, 15) is 4.39 Å². The van der Waals surface area contributed by atoms with Gasteiger partial charge in [0.15, 0.2) is 0 Å². The number of hydrogen-bond acceptors (Lipinski definition) is 3. The number of benzene rings is 1. The zero-order chi connectivity index (χ0) is 14.4. The Balaban J connectivity index is 2.06. The highest BCUT2D eigenvalue weighted by molar-refractivity contribution is 5.54. The van der Waals surface area contributed by atoms with Crippen molar-refractivity contribution < 1.29 is 9.13 Å². The van der Waals surface area contributed by atoms with E-state index in [0.717, 1.165) is 56.7 Å². The van der Waals surface area contributed by atoms with Crippen LogP contribution in [0.3, 0.4) is 0 Å². The van der Waals surface area contributed by atoms with Crippen molar-refractivity contribution in [3.63, 3.8) is 0 Å². The molecule has 1 aliphatic rings. The maximum atomic E-state index is 13.5. The Hall–Kier alpha value is -1.13. The van der Waals surface area contributed by atoms with Crippen LogP contribution in [-0.4, -0.2) is 32.8 Å². The van der Waals surface area contributed by atoms with Crippen LogP contribution in [0.25, 0.3) is 0 Å². The SMILES string of the molecule is CCCNCc1cc(F)ccc1N1CCC(OC)CC1. The van der Waals surface area contributed by atoms with Gasteiger partial charge in [0.1, 0.15) is 5.82 Å². The Morgan fingerprint density at radius 3 is 2.75 bits per heavy atom. The molecule has 0 aliphatic carbocycles. The van der Waals surface area contributed by atoms with Gasteiger partial charge in [0, 0.05) is 32.4 Å². The van der Waals surface area contributed by atoms with Crippen molar-refractivity contribution in [1.29, 1.82) is 0 Å². The van der Waals surface area contributed by atoms with Crippen molar-refractivity contribution in [3.8, 4) is 0 Å². The van der Waals surface area contributed by atoms with E-state index in [1.165, 1.54) is 0 Å². The molecule has 1 aromatic rings. The second-order valence-corrected chi connectivity index (χ2v) is 5.37. The summed E-state index contributed by atoms with van der Waals surface area (Å²) < 4.78 is 18.9. The smallest absolute Gasteiger partial charge is 0.123 e. The van der Waals surface area contributed by atoms with Gasteiger partial charge in [-0.2, -0.15) is 0 Å². The second-order valence-electron chi connectivity index (χ2n) is 5.37. The van der Waals surface area contributed by atoms with Crippen molar-refractivity contribution in [1.82, 2.24) is 5.32 Å². The molecule has 0 spiro atoms. The van der Waals surface area contributed by atoms with Crippen molar-refractivity contribution in [2.24, 2.45) is 0 Å². The van der Waals surface area contributed by atoms with E-state index in [1.54, 1.807) is 19.2 Å². The first-order valence-corrected chi connectivity index (χ1v) is 7.51. The quantitative estimate of drug-likeness (QED) is 0.811. The number of rotatable bonds is 6. The summed E-state index contributed by atoms with van der Waals surface area (Å²) >= 11 is 0. The number of nitrogens with one attached hydrogen (secondary N) is 1. The number of hydrogen-bond donors (Lipinski definition) is 1. The van der Waals surface area contributed by atoms with Crippen LogP contribution in [0.15, 0.2) is 18.2 Å². The predicted molar refractivity (Wildman–Crippen MR) is 80.6 cm³/mol. The third-order valence-electron chi connectivity index (χ3n) is 3.90. The molecule has 1 aliphatic heterocycles. The normalized spacial score (nSPS) is 16.6. The van der Waals surface area contributed by atoms with Gasteiger partial charge in [0.25, 0.3) is 0 Å². The number of halogens is 1. The lowest BCUT2D eigenvalue weighted by atomic mass is 10.0. The summed E-state index contributed by atoms with van der Waals surface area (Å²) in [6.45, 7) is 5.78. The maximum Gasteiger partial charge on any atom is 0.123 e. The molecule has 1 aromatic carbocycles. The molecule has 1 fully saturated rings. The van der Waals surface area contributed by atoms with Crippen molar-refractivity contribution in [2.45, 2.75) is 38.8 Å². The molecule has 0 aromatic heterocycles. The van der Waals surface area contributed by atoms with Crippen LogP contribution in [0.5, 0.6) is 0 Å². The summed E-state index contributed by atoms with van der Waals surface area (Å²) in [7, 11) is 1.78. The van der Waals surface area contributed by atoms with Crippen LogP contribution in [0.1, 0.15) is 31.7 Å². The van der Waals surface area contributed by atoms with Gasteiger partial charge in [0.05, 0.1) is 6.10 Å². The lowest BCUT2D eigenvalue weighted by Gasteiger charge is -2.34. The van der Waals surface area contributed by atoms with Gasteiger partial charge < -0.3 is 15.0 Å². The fourth-order valence-electron chi connectivity index (χ4n) is 2.74. The Morgan fingerprint density at radius 2 is 2.10 bits per heavy atom. The largest absolute Gasteiger partial charge is 0.381 e. The van der Waals surface area contributed by atoms with E-state index in [-0.39, 0.29) is 5.82 Å². The topological polar surface area (TPSA) is 24.5 Å². The molecule has 1 heterocycles. The van der Waals surface area contributed by atoms with Crippen molar-refractivity contribution in [2.75, 3.05) is 31.6 Å². The standard InChI is InChI=1S/C16H25FN2O/c1-3-8-18-12-13-11-14(17)4-5-16(13)19-9-6-15(20-2)7-10-19/h4-5,11,15,18H,3,6-10,12H2,1-2H3. The Morgan fingerprint density at radius 1 is 1.35 bits per heavy atom. The van der Waals surface area contributed by atoms with Crippen LogP contribution in [0, 0.1) is 5.82 Å². The average molecular weight is 280 g/mol. The molecule has 2 rings (SSSR count). The van der Waals surface area contributed by atoms with E-state index in [4.69, 9.17) is 4.74 Å². The number of methoxy groups -OCH3 is 1. The molecule has 3 nitrogen and oxygen atoms in total. The first-order chi connectivity index (χ1) is 9.74. The summed E-state index contributed by atoms with van der Waals surface area (Å²) in [6, 6.07) is 5.12. The Kier molecular flexibility index (Phi) is 5.80. The molecule has 0 atom stereocenters. The fourth-order valence-corrected chi connectivity index (χ4v) is 2.74. The zero-order valence-electron chi connectivity index (χ0n) is 12.5. The summed E-state index contributed by atoms with van der Waals surface area (Å²) in [5.74, 6) is -0.158. The zero-order valence-corrected chi connectivity index (χ0v) is 12.5. The summed E-state index contributed by atoms with van der Waals surface area (Å²) in [4.78, 5) is 2.35. The lowest BCUT2D eigenvalue weighted by molar-refractivity contribution is 0.0819. The molecule has 0 radical (unpaired) electrons. The van der Waals surface area contributed by atoms with Crippen LogP contribution < -0.4 is 10.2 Å². The molecule has 1 N–H and O–H groups in total. The fraction of sp³-hybridized carbons (Fsp3) is 0.625. The molecule has 1 saturated heterocycles. The van der Waals surface area contributed by atoms with Gasteiger partial charge in [-0.15, -0.1) is 0 Å². The number of nitrogens with zero attached hydrogens (tertiary/aromatic N) is 1. The number of anilines is 1. The molecule has 4 heteroatoms. The number of piperidine rings is 1. The van der Waals surface area contributed by atoms with Gasteiger partial charge in [-0.25, -0.2) is 4.39 Å². The minimum Gasteiger partial charge on any atom is -0.381 e. The van der Waals surface area contributed by atoms with E-state index in [0.29, 0.717) is 6.10 Å². The first kappa shape index (κ1) is 15.3. The monoisotopic (exact) mass is 280 g/mol. The molecule has 20 heavy (non-hydrogen) atoms. The Labute approximate surface area is 121 Å². The molecular formula is C16H25FN2O. The van der Waals surface area contributed by atoms with E-state index in [2.05, 4.69) is 17.1 Å². The van der Waals surface area contributed by atoms with Gasteiger partial charge >= 0.3 is 0 Å². The minimum absolute atomic E-state index is 0.158. The van der Waals surface area contributed by atoms with E-state index in [1.807, 2.05) is 6.07 Å². The van der Waals surface area contributed by atoms with E-state index < -0.39 is 0 Å². The van der Waals surface area contributed by atoms with Gasteiger partial charge in [0.2, 0.25) is 0 Å². The molecule has 0 saturated carbocycles. The average Bonchev–Trinajstić information content (AvgIpc) is 2.48. The number of ether oxygens (including phenoxy) is 1. The third kappa shape index (κ3) is 3.93. The summed E-state index contributed by atoms with van der Waals surface area (Å²) in [6.07, 6.45) is 3.53. The van der Waals surface area contributed by atoms with Gasteiger partial charge in [-0.05, 0) is 49.6 Å². The summed E-state index contributed by atoms with van der Waals surface area (Å²) in [5.41, 5.74) is 2.21. The van der Waals surface area contributed by atoms with Crippen LogP contribution in [0.4, 0.5) is 10.1 Å². The van der Waals surface area contributed by atoms with Crippen LogP contribution >= 0.6 is 0 Å². The Bertz CT molecular complexity index is 417. The third-order valence-corrected chi connectivity index (χ3v) is 3.90. The van der Waals surface area contributed by atoms with Crippen molar-refractivity contribution >= 4 is 5.69 Å². The van der Waals surface area contributed by atoms with Crippen LogP contribution in [0.2, 0.25) is 0 Å². The molecule has 0 unspecified atom stereocenters. The lowest BCUT2D eigenvalue weighted by Crippen LogP contribution is -2.37. The highest BCUT2D eigenvalue weighted by atomic mass is 19.1. The van der Waals surface area contributed by atoms with Gasteiger partial charge in [-0.3, -0.25) is 0 Å². The van der Waals surface area contributed by atoms with Crippen molar-refractivity contribution in [3.05, 3.63) is 29.6 Å². The molecule has 112 valence electrons. The molecule has 0 amide bonds. The maximum absolute atomic E-state index is 13.5. The highest BCUT2D eigenvalue weighted by Gasteiger charge is 2.20. The molecular weight excluding hydrogens is 255 g/mol. The van der Waals surface area contributed by atoms with Crippen LogP contribution in [-0.2, 0) is 11.3 Å². The highest BCUT2D eigenvalue weighted by Crippen LogP contribution is 2.25.